The van der Waals surface area contributed by atoms with E-state index in [1.165, 1.54) is 0 Å². The topological polar surface area (TPSA) is 134 Å². The lowest BCUT2D eigenvalue weighted by Crippen LogP contribution is -2.09. The highest BCUT2D eigenvalue weighted by Crippen LogP contribution is 2.43. The Morgan fingerprint density at radius 3 is 2.10 bits per heavy atom. The lowest BCUT2D eigenvalue weighted by Gasteiger charge is -2.14. The molecule has 0 radical (unpaired) electrons. The molecule has 0 unspecified atom stereocenters. The summed E-state index contributed by atoms with van der Waals surface area (Å²) in [6, 6.07) is 29.6. The first kappa shape index (κ1) is 32.6. The Hall–Kier alpha value is -5.36. The molecule has 13 heteroatoms. The van der Waals surface area contributed by atoms with Gasteiger partial charge in [-0.25, -0.2) is 22.9 Å². The van der Waals surface area contributed by atoms with Crippen LogP contribution in [0.25, 0.3) is 37.9 Å². The molecule has 0 fully saturated rings. The van der Waals surface area contributed by atoms with Crippen LogP contribution < -0.4 is 20.1 Å². The standard InChI is InChI=1S/C35H28N4O7S2/c1-21-17-25(39-48(4,41)42)12-15-29(21)37-23-9-13-26-31(19-23)44-32-20-24(38-30-16-11-22(36-2)18-33(30)43-3)10-14-27(32)35(26)28-7-5-6-8-34(28)47-46-45-40/h5-20,37-39H,1,3-4H3/p+1. The van der Waals surface area contributed by atoms with E-state index in [1.54, 1.807) is 37.4 Å². The van der Waals surface area contributed by atoms with Gasteiger partial charge in [-0.2, -0.15) is 0 Å². The first-order chi connectivity index (χ1) is 23.1. The predicted octanol–water partition coefficient (Wildman–Crippen LogP) is 9.69. The number of anilines is 5. The summed E-state index contributed by atoms with van der Waals surface area (Å²) in [5, 5.41) is 21.2. The first-order valence-electron chi connectivity index (χ1n) is 14.4. The second-order valence-electron chi connectivity index (χ2n) is 10.8. The predicted molar refractivity (Wildman–Crippen MR) is 190 cm³/mol. The summed E-state index contributed by atoms with van der Waals surface area (Å²) in [7, 11) is -1.85. The fourth-order valence-electron chi connectivity index (χ4n) is 5.38. The van der Waals surface area contributed by atoms with Gasteiger partial charge in [0.25, 0.3) is 0 Å². The van der Waals surface area contributed by atoms with Crippen LogP contribution in [0.3, 0.4) is 0 Å². The van der Waals surface area contributed by atoms with Crippen molar-refractivity contribution in [1.29, 1.82) is 0 Å². The zero-order valence-corrected chi connectivity index (χ0v) is 27.5. The maximum atomic E-state index is 11.7. The van der Waals surface area contributed by atoms with Crippen LogP contribution in [-0.4, -0.2) is 27.0 Å². The van der Waals surface area contributed by atoms with Gasteiger partial charge in [0.15, 0.2) is 5.69 Å². The molecule has 48 heavy (non-hydrogen) atoms. The molecule has 0 saturated carbocycles. The minimum Gasteiger partial charge on any atom is -0.496 e. The molecule has 0 saturated heterocycles. The molecule has 6 aromatic rings. The molecule has 242 valence electrons. The maximum absolute atomic E-state index is 11.7. The summed E-state index contributed by atoms with van der Waals surface area (Å²) >= 11 is 0.877. The van der Waals surface area contributed by atoms with Crippen molar-refractivity contribution in [2.75, 3.05) is 28.7 Å². The fourth-order valence-corrected chi connectivity index (χ4v) is 6.43. The van der Waals surface area contributed by atoms with E-state index in [4.69, 9.17) is 25.3 Å². The van der Waals surface area contributed by atoms with Crippen LogP contribution in [0.2, 0.25) is 0 Å². The molecule has 4 N–H and O–H groups in total. The summed E-state index contributed by atoms with van der Waals surface area (Å²) in [5.74, 6) is 0.530. The van der Waals surface area contributed by atoms with Gasteiger partial charge >= 0.3 is 11.2 Å². The zero-order valence-electron chi connectivity index (χ0n) is 25.9. The Kier molecular flexibility index (Phi) is 9.35. The number of hydrogen-bond donors (Lipinski definition) is 4. The summed E-state index contributed by atoms with van der Waals surface area (Å²) < 4.78 is 42.8. The zero-order chi connectivity index (χ0) is 33.8. The van der Waals surface area contributed by atoms with Gasteiger partial charge in [-0.1, -0.05) is 29.3 Å². The second kappa shape index (κ2) is 13.8. The molecule has 1 heterocycles. The van der Waals surface area contributed by atoms with E-state index in [0.29, 0.717) is 38.9 Å². The van der Waals surface area contributed by atoms with Gasteiger partial charge in [0.05, 0.1) is 60.6 Å². The van der Waals surface area contributed by atoms with E-state index < -0.39 is 10.0 Å². The molecule has 0 aliphatic rings. The van der Waals surface area contributed by atoms with Gasteiger partial charge in [-0.3, -0.25) is 4.72 Å². The highest BCUT2D eigenvalue weighted by molar-refractivity contribution is 7.94. The van der Waals surface area contributed by atoms with E-state index in [1.807, 2.05) is 73.7 Å². The van der Waals surface area contributed by atoms with E-state index in [9.17, 15) is 8.42 Å². The number of benzene rings is 5. The summed E-state index contributed by atoms with van der Waals surface area (Å²) in [6.07, 6.45) is 1.11. The van der Waals surface area contributed by atoms with Gasteiger partial charge in [0.2, 0.25) is 10.0 Å². The third-order valence-electron chi connectivity index (χ3n) is 7.43. The van der Waals surface area contributed by atoms with Gasteiger partial charge < -0.3 is 15.4 Å². The van der Waals surface area contributed by atoms with Gasteiger partial charge in [0, 0.05) is 33.2 Å². The Labute approximate surface area is 281 Å². The number of methoxy groups -OCH3 is 1. The number of nitrogens with one attached hydrogen (secondary N) is 3. The number of rotatable bonds is 11. The van der Waals surface area contributed by atoms with Crippen LogP contribution in [0.4, 0.5) is 34.1 Å². The summed E-state index contributed by atoms with van der Waals surface area (Å²) in [4.78, 5) is 4.18. The largest absolute Gasteiger partial charge is 0.496 e. The normalized spacial score (nSPS) is 11.3. The van der Waals surface area contributed by atoms with Crippen molar-refractivity contribution in [2.24, 2.45) is 0 Å². The Bertz CT molecular complexity index is 2330. The number of fused-ring (bicyclic) bond motifs is 2. The van der Waals surface area contributed by atoms with Crippen molar-refractivity contribution in [2.45, 2.75) is 11.8 Å². The Balaban J connectivity index is 1.47. The third-order valence-corrected chi connectivity index (χ3v) is 8.71. The van der Waals surface area contributed by atoms with Crippen LogP contribution in [-0.2, 0) is 19.4 Å². The van der Waals surface area contributed by atoms with Crippen molar-refractivity contribution in [3.63, 3.8) is 0 Å². The average Bonchev–Trinajstić information content (AvgIpc) is 3.07. The fraction of sp³-hybridized carbons (Fsp3) is 0.0857. The molecule has 5 aromatic carbocycles. The van der Waals surface area contributed by atoms with Crippen LogP contribution in [0.1, 0.15) is 5.56 Å². The molecule has 0 aliphatic heterocycles. The lowest BCUT2D eigenvalue weighted by atomic mass is 9.96. The van der Waals surface area contributed by atoms with E-state index >= 15 is 0 Å². The third kappa shape index (κ3) is 7.13. The summed E-state index contributed by atoms with van der Waals surface area (Å²) in [5.41, 5.74) is 7.63. The van der Waals surface area contributed by atoms with Crippen LogP contribution in [0, 0.1) is 13.5 Å². The number of nitrogens with zero attached hydrogens (tertiary/aromatic N) is 1. The van der Waals surface area contributed by atoms with Crippen LogP contribution in [0.5, 0.6) is 5.75 Å². The molecule has 11 nitrogen and oxygen atoms in total. The maximum Gasteiger partial charge on any atom is 0.363 e. The Morgan fingerprint density at radius 2 is 1.48 bits per heavy atom. The average molecular weight is 682 g/mol. The molecule has 0 bridgehead atoms. The molecule has 0 atom stereocenters. The minimum atomic E-state index is -3.40. The Morgan fingerprint density at radius 1 is 0.833 bits per heavy atom. The molecule has 0 spiro atoms. The first-order valence-corrected chi connectivity index (χ1v) is 17.0. The smallest absolute Gasteiger partial charge is 0.363 e. The van der Waals surface area contributed by atoms with Crippen LogP contribution >= 0.6 is 12.0 Å². The lowest BCUT2D eigenvalue weighted by molar-refractivity contribution is -0.432. The molecule has 0 aliphatic carbocycles. The van der Waals surface area contributed by atoms with Crippen molar-refractivity contribution in [1.82, 2.24) is 0 Å². The van der Waals surface area contributed by atoms with E-state index in [-0.39, 0.29) is 0 Å². The molecule has 6 rings (SSSR count). The van der Waals surface area contributed by atoms with E-state index in [0.717, 1.165) is 62.8 Å². The van der Waals surface area contributed by atoms with Gasteiger partial charge in [-0.05, 0) is 78.7 Å². The van der Waals surface area contributed by atoms with Gasteiger partial charge in [0.1, 0.15) is 5.75 Å². The minimum absolute atomic E-state index is 0.468. The van der Waals surface area contributed by atoms with Crippen molar-refractivity contribution < 1.29 is 32.2 Å². The monoisotopic (exact) mass is 681 g/mol. The quantitative estimate of drug-likeness (QED) is 0.0261. The highest BCUT2D eigenvalue weighted by atomic mass is 32.2. The molecule has 1 aromatic heterocycles. The van der Waals surface area contributed by atoms with Crippen molar-refractivity contribution in [3.8, 4) is 16.9 Å². The SMILES string of the molecule is [C-]#[N+]c1ccc(Nc2ccc3c(-c4ccccc4SOOO)c4ccc(Nc5ccc(NS(C)(=O)=O)cc5C)cc4[o+]c3c2)c(OC)c1. The van der Waals surface area contributed by atoms with Crippen molar-refractivity contribution >= 4 is 78.1 Å². The molecular formula is C35H29N4O7S2+. The highest BCUT2D eigenvalue weighted by Gasteiger charge is 2.24. The number of ether oxygens (including phenoxy) is 1. The molecule has 0 amide bonds. The van der Waals surface area contributed by atoms with Gasteiger partial charge in [-0.15, -0.1) is 4.33 Å². The summed E-state index contributed by atoms with van der Waals surface area (Å²) in [6.45, 7) is 9.20. The number of hydrogen-bond acceptors (Lipinski definition) is 9. The van der Waals surface area contributed by atoms with Crippen molar-refractivity contribution in [3.05, 3.63) is 114 Å². The number of aryl methyl sites for hydroxylation is 1. The van der Waals surface area contributed by atoms with E-state index in [2.05, 4.69) is 25.2 Å². The second-order valence-corrected chi connectivity index (χ2v) is 13.3. The molecular weight excluding hydrogens is 653 g/mol. The number of sulfonamides is 1. The van der Waals surface area contributed by atoms with Crippen LogP contribution in [0.15, 0.2) is 106 Å².